The number of hydrogen-bond donors (Lipinski definition) is 1. The lowest BCUT2D eigenvalue weighted by atomic mass is 9.93. The third-order valence-corrected chi connectivity index (χ3v) is 3.26. The summed E-state index contributed by atoms with van der Waals surface area (Å²) in [4.78, 5) is 0. The molecule has 1 unspecified atom stereocenters. The summed E-state index contributed by atoms with van der Waals surface area (Å²) in [6.07, 6.45) is 3.81. The zero-order valence-corrected chi connectivity index (χ0v) is 10.5. The highest BCUT2D eigenvalue weighted by atomic mass is 35.5. The molecule has 16 heavy (non-hydrogen) atoms. The van der Waals surface area contributed by atoms with Crippen LogP contribution < -0.4 is 5.73 Å². The first-order valence-electron chi connectivity index (χ1n) is 5.40. The minimum atomic E-state index is -0.704. The SMILES string of the molecule is CCC(N)(C#N)CCCn1ncc(Cl)c1C. The van der Waals surface area contributed by atoms with Crippen molar-refractivity contribution in [2.75, 3.05) is 0 Å². The minimum Gasteiger partial charge on any atom is -0.313 e. The Hall–Kier alpha value is -1.05. The van der Waals surface area contributed by atoms with Gasteiger partial charge in [-0.1, -0.05) is 18.5 Å². The zero-order valence-electron chi connectivity index (χ0n) is 9.70. The van der Waals surface area contributed by atoms with Crippen LogP contribution in [-0.2, 0) is 6.54 Å². The number of aryl methyl sites for hydroxylation is 1. The van der Waals surface area contributed by atoms with Gasteiger partial charge in [-0.3, -0.25) is 4.68 Å². The molecule has 0 aliphatic rings. The van der Waals surface area contributed by atoms with Crippen molar-refractivity contribution in [1.29, 1.82) is 5.26 Å². The summed E-state index contributed by atoms with van der Waals surface area (Å²) in [7, 11) is 0. The van der Waals surface area contributed by atoms with E-state index in [0.717, 1.165) is 18.7 Å². The first-order chi connectivity index (χ1) is 7.52. The van der Waals surface area contributed by atoms with Crippen molar-refractivity contribution in [3.63, 3.8) is 0 Å². The molecule has 88 valence electrons. The van der Waals surface area contributed by atoms with Gasteiger partial charge in [0.05, 0.1) is 23.0 Å². The van der Waals surface area contributed by atoms with E-state index in [2.05, 4.69) is 11.2 Å². The summed E-state index contributed by atoms with van der Waals surface area (Å²) >= 11 is 5.89. The molecule has 0 radical (unpaired) electrons. The fourth-order valence-electron chi connectivity index (χ4n) is 1.51. The van der Waals surface area contributed by atoms with Gasteiger partial charge in [-0.05, 0) is 26.2 Å². The fourth-order valence-corrected chi connectivity index (χ4v) is 1.65. The highest BCUT2D eigenvalue weighted by Gasteiger charge is 2.21. The molecule has 1 heterocycles. The largest absolute Gasteiger partial charge is 0.313 e. The van der Waals surface area contributed by atoms with Gasteiger partial charge in [0.1, 0.15) is 5.54 Å². The van der Waals surface area contributed by atoms with Crippen molar-refractivity contribution >= 4 is 11.6 Å². The van der Waals surface area contributed by atoms with Crippen molar-refractivity contribution in [1.82, 2.24) is 9.78 Å². The Morgan fingerprint density at radius 2 is 2.38 bits per heavy atom. The van der Waals surface area contributed by atoms with Crippen LogP contribution in [0, 0.1) is 18.3 Å². The van der Waals surface area contributed by atoms with Crippen LogP contribution >= 0.6 is 11.6 Å². The topological polar surface area (TPSA) is 67.6 Å². The predicted octanol–water partition coefficient (Wildman–Crippen LogP) is 2.26. The average Bonchev–Trinajstić information content (AvgIpc) is 2.60. The molecule has 1 aromatic heterocycles. The Morgan fingerprint density at radius 3 is 2.81 bits per heavy atom. The first kappa shape index (κ1) is 13.0. The summed E-state index contributed by atoms with van der Waals surface area (Å²) in [6, 6.07) is 2.16. The third-order valence-electron chi connectivity index (χ3n) is 2.89. The number of rotatable bonds is 5. The summed E-state index contributed by atoms with van der Waals surface area (Å²) in [5.74, 6) is 0. The van der Waals surface area contributed by atoms with E-state index >= 15 is 0 Å². The number of hydrogen-bond acceptors (Lipinski definition) is 3. The maximum atomic E-state index is 8.92. The molecular weight excluding hydrogens is 224 g/mol. The average molecular weight is 241 g/mol. The quantitative estimate of drug-likeness (QED) is 0.859. The highest BCUT2D eigenvalue weighted by molar-refractivity contribution is 6.31. The molecule has 5 heteroatoms. The van der Waals surface area contributed by atoms with E-state index < -0.39 is 5.54 Å². The molecule has 0 saturated heterocycles. The number of nitrogens with two attached hydrogens (primary N) is 1. The first-order valence-corrected chi connectivity index (χ1v) is 5.78. The second-order valence-electron chi connectivity index (χ2n) is 4.03. The molecule has 0 spiro atoms. The van der Waals surface area contributed by atoms with Gasteiger partial charge in [0.2, 0.25) is 0 Å². The van der Waals surface area contributed by atoms with Gasteiger partial charge in [0, 0.05) is 6.54 Å². The van der Waals surface area contributed by atoms with Crippen molar-refractivity contribution in [3.05, 3.63) is 16.9 Å². The van der Waals surface area contributed by atoms with E-state index in [4.69, 9.17) is 22.6 Å². The molecule has 1 rings (SSSR count). The zero-order chi connectivity index (χ0) is 12.2. The second kappa shape index (κ2) is 5.33. The van der Waals surface area contributed by atoms with Crippen molar-refractivity contribution in [2.45, 2.75) is 45.2 Å². The van der Waals surface area contributed by atoms with Gasteiger partial charge in [-0.2, -0.15) is 10.4 Å². The molecule has 4 nitrogen and oxygen atoms in total. The number of nitriles is 1. The van der Waals surface area contributed by atoms with Gasteiger partial charge in [-0.25, -0.2) is 0 Å². The Morgan fingerprint density at radius 1 is 1.69 bits per heavy atom. The predicted molar refractivity (Wildman–Crippen MR) is 64.0 cm³/mol. The van der Waals surface area contributed by atoms with Gasteiger partial charge in [-0.15, -0.1) is 0 Å². The Bertz CT molecular complexity index is 393. The van der Waals surface area contributed by atoms with Crippen LogP contribution in [0.3, 0.4) is 0 Å². The maximum absolute atomic E-state index is 8.92. The van der Waals surface area contributed by atoms with Crippen LogP contribution in [0.2, 0.25) is 5.02 Å². The lowest BCUT2D eigenvalue weighted by Gasteiger charge is -2.18. The molecule has 0 fully saturated rings. The van der Waals surface area contributed by atoms with E-state index in [0.29, 0.717) is 17.9 Å². The van der Waals surface area contributed by atoms with E-state index in [9.17, 15) is 0 Å². The van der Waals surface area contributed by atoms with Crippen LogP contribution in [-0.4, -0.2) is 15.3 Å². The van der Waals surface area contributed by atoms with Gasteiger partial charge in [0.15, 0.2) is 0 Å². The van der Waals surface area contributed by atoms with Crippen LogP contribution in [0.25, 0.3) is 0 Å². The van der Waals surface area contributed by atoms with Crippen LogP contribution in [0.4, 0.5) is 0 Å². The maximum Gasteiger partial charge on any atom is 0.104 e. The lowest BCUT2D eigenvalue weighted by Crippen LogP contribution is -2.37. The van der Waals surface area contributed by atoms with E-state index in [1.165, 1.54) is 0 Å². The normalized spacial score (nSPS) is 14.4. The van der Waals surface area contributed by atoms with E-state index in [-0.39, 0.29) is 0 Å². The van der Waals surface area contributed by atoms with Crippen molar-refractivity contribution in [2.24, 2.45) is 5.73 Å². The Labute approximate surface area is 101 Å². The van der Waals surface area contributed by atoms with Crippen molar-refractivity contribution in [3.8, 4) is 6.07 Å². The summed E-state index contributed by atoms with van der Waals surface area (Å²) in [5.41, 5.74) is 6.14. The summed E-state index contributed by atoms with van der Waals surface area (Å²) < 4.78 is 1.84. The van der Waals surface area contributed by atoms with Crippen LogP contribution in [0.1, 0.15) is 31.9 Å². The molecule has 0 aliphatic carbocycles. The molecular formula is C11H17ClN4. The molecule has 1 atom stereocenters. The molecule has 2 N–H and O–H groups in total. The minimum absolute atomic E-state index is 0.669. The number of nitrogens with zero attached hydrogens (tertiary/aromatic N) is 3. The molecule has 1 aromatic rings. The highest BCUT2D eigenvalue weighted by Crippen LogP contribution is 2.16. The smallest absolute Gasteiger partial charge is 0.104 e. The third kappa shape index (κ3) is 2.97. The van der Waals surface area contributed by atoms with E-state index in [1.54, 1.807) is 6.20 Å². The number of aromatic nitrogens is 2. The Balaban J connectivity index is 2.48. The fraction of sp³-hybridized carbons (Fsp3) is 0.636. The van der Waals surface area contributed by atoms with Crippen LogP contribution in [0.5, 0.6) is 0 Å². The Kier molecular flexibility index (Phi) is 4.34. The summed E-state index contributed by atoms with van der Waals surface area (Å²) in [5, 5.41) is 13.7. The number of halogens is 1. The van der Waals surface area contributed by atoms with Gasteiger partial charge < -0.3 is 5.73 Å². The lowest BCUT2D eigenvalue weighted by molar-refractivity contribution is 0.431. The molecule has 0 aliphatic heterocycles. The van der Waals surface area contributed by atoms with E-state index in [1.807, 2.05) is 18.5 Å². The standard InChI is InChI=1S/C11H17ClN4/c1-3-11(14,8-13)5-4-6-16-9(2)10(12)7-15-16/h7H,3-6,14H2,1-2H3. The summed E-state index contributed by atoms with van der Waals surface area (Å²) in [6.45, 7) is 4.60. The molecule has 0 saturated carbocycles. The second-order valence-corrected chi connectivity index (χ2v) is 4.43. The monoisotopic (exact) mass is 240 g/mol. The van der Waals surface area contributed by atoms with Gasteiger partial charge in [0.25, 0.3) is 0 Å². The van der Waals surface area contributed by atoms with Gasteiger partial charge >= 0.3 is 0 Å². The van der Waals surface area contributed by atoms with Crippen LogP contribution in [0.15, 0.2) is 6.20 Å². The molecule has 0 bridgehead atoms. The van der Waals surface area contributed by atoms with Crippen molar-refractivity contribution < 1.29 is 0 Å². The molecule has 0 aromatic carbocycles. The molecule has 0 amide bonds.